The molecule has 1 fully saturated rings. The van der Waals surface area contributed by atoms with Crippen LogP contribution in [0, 0.1) is 6.92 Å². The van der Waals surface area contributed by atoms with Crippen molar-refractivity contribution in [2.45, 2.75) is 45.6 Å². The Labute approximate surface area is 183 Å². The van der Waals surface area contributed by atoms with Gasteiger partial charge in [-0.3, -0.25) is 19.3 Å². The van der Waals surface area contributed by atoms with E-state index < -0.39 is 35.0 Å². The van der Waals surface area contributed by atoms with E-state index in [1.807, 2.05) is 0 Å². The number of hydrogen-bond acceptors (Lipinski definition) is 7. The Morgan fingerprint density at radius 2 is 1.97 bits per heavy atom. The molecule has 0 radical (unpaired) electrons. The van der Waals surface area contributed by atoms with Crippen LogP contribution in [0.5, 0.6) is 5.75 Å². The molecule has 1 aliphatic carbocycles. The molecular formula is C22H25F2N3O5. The smallest absolute Gasteiger partial charge is 0.282 e. The number of carbonyl (C=O) groups excluding carboxylic acids is 2. The van der Waals surface area contributed by atoms with Gasteiger partial charge in [0.25, 0.3) is 6.43 Å². The van der Waals surface area contributed by atoms with Gasteiger partial charge in [-0.2, -0.15) is 5.10 Å². The first-order valence-electron chi connectivity index (χ1n) is 10.2. The number of aliphatic hydroxyl groups is 1. The number of ketones is 2. The van der Waals surface area contributed by atoms with Crippen LogP contribution in [0.1, 0.15) is 54.6 Å². The Kier molecular flexibility index (Phi) is 7.68. The van der Waals surface area contributed by atoms with Crippen molar-refractivity contribution in [1.82, 2.24) is 14.8 Å². The monoisotopic (exact) mass is 449 g/mol. The molecule has 172 valence electrons. The summed E-state index contributed by atoms with van der Waals surface area (Å²) in [6, 6.07) is 1.71. The molecule has 8 nitrogen and oxygen atoms in total. The average Bonchev–Trinajstić information content (AvgIpc) is 3.18. The molecule has 10 heteroatoms. The Balaban J connectivity index is 1.90. The van der Waals surface area contributed by atoms with Crippen LogP contribution < -0.4 is 4.74 Å². The van der Waals surface area contributed by atoms with Gasteiger partial charge in [0.15, 0.2) is 11.6 Å². The zero-order valence-electron chi connectivity index (χ0n) is 17.9. The van der Waals surface area contributed by atoms with E-state index in [0.717, 1.165) is 5.56 Å². The molecule has 1 saturated carbocycles. The summed E-state index contributed by atoms with van der Waals surface area (Å²) in [5.41, 5.74) is -0.200. The standard InChI is InChI=1S/C22H25F2N3O5/c1-13-15(25-8-7-18(13)32-10-4-9-31-2)12-27-11-14(20(26-27)22(23)24)21(30)19-16(28)5-3-6-17(19)29/h7-8,11,22,30H,3-6,9-10,12H2,1-2H3. The Morgan fingerprint density at radius 1 is 1.25 bits per heavy atom. The first kappa shape index (κ1) is 23.5. The van der Waals surface area contributed by atoms with E-state index in [2.05, 4.69) is 10.1 Å². The van der Waals surface area contributed by atoms with Crippen LogP contribution in [0.4, 0.5) is 8.78 Å². The number of Topliss-reactive ketones (excluding diaryl/α,β-unsaturated/α-hetero) is 2. The third-order valence-corrected chi connectivity index (χ3v) is 5.18. The van der Waals surface area contributed by atoms with Crippen LogP contribution in [-0.2, 0) is 20.9 Å². The molecule has 0 unspecified atom stereocenters. The van der Waals surface area contributed by atoms with E-state index in [0.29, 0.717) is 37.5 Å². The zero-order chi connectivity index (χ0) is 23.3. The van der Waals surface area contributed by atoms with Crippen molar-refractivity contribution in [2.75, 3.05) is 20.3 Å². The first-order chi connectivity index (χ1) is 15.3. The number of hydrogen-bond donors (Lipinski definition) is 1. The molecule has 0 atom stereocenters. The number of alkyl halides is 2. The molecule has 0 aliphatic heterocycles. The molecular weight excluding hydrogens is 424 g/mol. The molecule has 2 aromatic rings. The lowest BCUT2D eigenvalue weighted by Crippen LogP contribution is -2.20. The molecule has 0 spiro atoms. The number of aromatic nitrogens is 3. The average molecular weight is 449 g/mol. The highest BCUT2D eigenvalue weighted by atomic mass is 19.3. The lowest BCUT2D eigenvalue weighted by molar-refractivity contribution is -0.123. The van der Waals surface area contributed by atoms with Gasteiger partial charge < -0.3 is 14.6 Å². The summed E-state index contributed by atoms with van der Waals surface area (Å²) < 4.78 is 39.2. The lowest BCUT2D eigenvalue weighted by Gasteiger charge is -2.13. The highest BCUT2D eigenvalue weighted by molar-refractivity contribution is 6.25. The second-order valence-electron chi connectivity index (χ2n) is 7.43. The summed E-state index contributed by atoms with van der Waals surface area (Å²) in [6.07, 6.45) is 1.00. The number of nitrogens with zero attached hydrogens (tertiary/aromatic N) is 3. The molecule has 32 heavy (non-hydrogen) atoms. The highest BCUT2D eigenvalue weighted by Crippen LogP contribution is 2.31. The van der Waals surface area contributed by atoms with Crippen LogP contribution in [0.25, 0.3) is 5.76 Å². The molecule has 2 aromatic heterocycles. The number of methoxy groups -OCH3 is 1. The van der Waals surface area contributed by atoms with Gasteiger partial charge in [-0.15, -0.1) is 0 Å². The molecule has 0 saturated heterocycles. The van der Waals surface area contributed by atoms with Crippen LogP contribution in [0.15, 0.2) is 24.0 Å². The maximum absolute atomic E-state index is 13.6. The molecule has 3 rings (SSSR count). The molecule has 2 heterocycles. The predicted octanol–water partition coefficient (Wildman–Crippen LogP) is 3.58. The number of allylic oxidation sites excluding steroid dienone is 1. The number of ether oxygens (including phenoxy) is 2. The van der Waals surface area contributed by atoms with Crippen molar-refractivity contribution in [2.24, 2.45) is 0 Å². The number of carbonyl (C=O) groups is 2. The third kappa shape index (κ3) is 5.18. The van der Waals surface area contributed by atoms with Crippen molar-refractivity contribution in [3.05, 3.63) is 46.5 Å². The van der Waals surface area contributed by atoms with Gasteiger partial charge in [0.05, 0.1) is 24.4 Å². The Morgan fingerprint density at radius 3 is 2.62 bits per heavy atom. The van der Waals surface area contributed by atoms with Crippen molar-refractivity contribution in [3.63, 3.8) is 0 Å². The zero-order valence-corrected chi connectivity index (χ0v) is 17.9. The van der Waals surface area contributed by atoms with Gasteiger partial charge in [-0.05, 0) is 19.4 Å². The summed E-state index contributed by atoms with van der Waals surface area (Å²) in [4.78, 5) is 28.5. The summed E-state index contributed by atoms with van der Waals surface area (Å²) in [5, 5.41) is 14.4. The molecule has 0 amide bonds. The van der Waals surface area contributed by atoms with Gasteiger partial charge in [-0.1, -0.05) is 0 Å². The number of aliphatic hydroxyl groups excluding tert-OH is 1. The molecule has 0 bridgehead atoms. The molecule has 1 N–H and O–H groups in total. The van der Waals surface area contributed by atoms with Crippen LogP contribution in [0.2, 0.25) is 0 Å². The van der Waals surface area contributed by atoms with Gasteiger partial charge >= 0.3 is 0 Å². The second kappa shape index (κ2) is 10.4. The Bertz CT molecular complexity index is 1010. The van der Waals surface area contributed by atoms with Gasteiger partial charge in [-0.25, -0.2) is 8.78 Å². The van der Waals surface area contributed by atoms with Crippen molar-refractivity contribution in [1.29, 1.82) is 0 Å². The number of halogens is 2. The van der Waals surface area contributed by atoms with E-state index >= 15 is 0 Å². The second-order valence-corrected chi connectivity index (χ2v) is 7.43. The van der Waals surface area contributed by atoms with Crippen LogP contribution >= 0.6 is 0 Å². The van der Waals surface area contributed by atoms with Crippen molar-refractivity contribution < 1.29 is 33.0 Å². The lowest BCUT2D eigenvalue weighted by atomic mass is 9.90. The maximum Gasteiger partial charge on any atom is 0.282 e. The SMILES string of the molecule is COCCCOc1ccnc(Cn2cc(C(O)=C3C(=O)CCCC3=O)c(C(F)F)n2)c1C. The molecule has 1 aliphatic rings. The summed E-state index contributed by atoms with van der Waals surface area (Å²) in [6.45, 7) is 2.84. The highest BCUT2D eigenvalue weighted by Gasteiger charge is 2.31. The van der Waals surface area contributed by atoms with E-state index in [4.69, 9.17) is 9.47 Å². The van der Waals surface area contributed by atoms with Gasteiger partial charge in [0.2, 0.25) is 0 Å². The van der Waals surface area contributed by atoms with E-state index in [-0.39, 0.29) is 24.9 Å². The first-order valence-corrected chi connectivity index (χ1v) is 10.2. The van der Waals surface area contributed by atoms with E-state index in [1.165, 1.54) is 10.9 Å². The predicted molar refractivity (Wildman–Crippen MR) is 111 cm³/mol. The fourth-order valence-electron chi connectivity index (χ4n) is 3.49. The summed E-state index contributed by atoms with van der Waals surface area (Å²) in [5.74, 6) is -1.25. The fraction of sp³-hybridized carbons (Fsp3) is 0.455. The third-order valence-electron chi connectivity index (χ3n) is 5.18. The number of rotatable bonds is 9. The minimum atomic E-state index is -3.01. The maximum atomic E-state index is 13.6. The molecule has 0 aromatic carbocycles. The summed E-state index contributed by atoms with van der Waals surface area (Å²) in [7, 11) is 1.61. The fourth-order valence-corrected chi connectivity index (χ4v) is 3.49. The number of pyridine rings is 1. The normalized spacial score (nSPS) is 14.3. The van der Waals surface area contributed by atoms with Crippen LogP contribution in [-0.4, -0.2) is 51.8 Å². The van der Waals surface area contributed by atoms with Crippen molar-refractivity contribution in [3.8, 4) is 5.75 Å². The van der Waals surface area contributed by atoms with Crippen LogP contribution in [0.3, 0.4) is 0 Å². The van der Waals surface area contributed by atoms with E-state index in [1.54, 1.807) is 26.3 Å². The van der Waals surface area contributed by atoms with Gasteiger partial charge in [0.1, 0.15) is 22.8 Å². The van der Waals surface area contributed by atoms with E-state index in [9.17, 15) is 23.5 Å². The Hall–Kier alpha value is -3.14. The quantitative estimate of drug-likeness (QED) is 0.270. The minimum absolute atomic E-state index is 0.0331. The largest absolute Gasteiger partial charge is 0.506 e. The van der Waals surface area contributed by atoms with Crippen molar-refractivity contribution >= 4 is 17.3 Å². The summed E-state index contributed by atoms with van der Waals surface area (Å²) >= 11 is 0. The topological polar surface area (TPSA) is 104 Å². The van der Waals surface area contributed by atoms with Gasteiger partial charge in [0, 0.05) is 50.9 Å². The minimum Gasteiger partial charge on any atom is -0.506 e.